The van der Waals surface area contributed by atoms with Crippen molar-refractivity contribution >= 4 is 6.29 Å². The number of carbonyl (C=O) groups excluding carboxylic acids is 1. The fraction of sp³-hybridized carbons (Fsp3) is 0. The maximum atomic E-state index is 10.7. The summed E-state index contributed by atoms with van der Waals surface area (Å²) in [5.74, 6) is 0.248. The van der Waals surface area contributed by atoms with E-state index in [-0.39, 0.29) is 5.75 Å². The van der Waals surface area contributed by atoms with E-state index in [1.165, 1.54) is 0 Å². The van der Waals surface area contributed by atoms with Crippen LogP contribution in [0.2, 0.25) is 0 Å². The molecule has 1 N–H and O–H groups in total. The molecular weight excluding hydrogens is 262 g/mol. The Morgan fingerprint density at radius 1 is 0.810 bits per heavy atom. The normalized spacial score (nSPS) is 10.3. The van der Waals surface area contributed by atoms with Crippen LogP contribution in [0.15, 0.2) is 66.9 Å². The number of carbonyl (C=O) groups is 1. The van der Waals surface area contributed by atoms with E-state index in [1.807, 2.05) is 36.4 Å². The minimum atomic E-state index is 0.248. The van der Waals surface area contributed by atoms with Crippen molar-refractivity contribution in [2.24, 2.45) is 0 Å². The average Bonchev–Trinajstić information content (AvgIpc) is 2.56. The number of aromatic hydroxyl groups is 1. The molecule has 0 spiro atoms. The second-order valence-corrected chi connectivity index (χ2v) is 4.72. The van der Waals surface area contributed by atoms with E-state index < -0.39 is 0 Å². The fourth-order valence-electron chi connectivity index (χ4n) is 2.15. The molecule has 0 unspecified atom stereocenters. The zero-order valence-corrected chi connectivity index (χ0v) is 11.2. The Bertz CT molecular complexity index is 762. The van der Waals surface area contributed by atoms with Crippen LogP contribution in [-0.2, 0) is 0 Å². The molecule has 0 fully saturated rings. The largest absolute Gasteiger partial charge is 0.508 e. The molecule has 0 amide bonds. The average molecular weight is 275 g/mol. The number of benzene rings is 2. The Labute approximate surface area is 122 Å². The van der Waals surface area contributed by atoms with Crippen molar-refractivity contribution in [3.05, 3.63) is 72.4 Å². The molecule has 102 valence electrons. The first-order valence-corrected chi connectivity index (χ1v) is 6.57. The Morgan fingerprint density at radius 2 is 1.48 bits per heavy atom. The van der Waals surface area contributed by atoms with E-state index in [9.17, 15) is 9.90 Å². The zero-order valence-electron chi connectivity index (χ0n) is 11.2. The third-order valence-electron chi connectivity index (χ3n) is 3.30. The molecule has 0 aliphatic carbocycles. The quantitative estimate of drug-likeness (QED) is 0.737. The van der Waals surface area contributed by atoms with Crippen LogP contribution in [-0.4, -0.2) is 16.4 Å². The Hall–Kier alpha value is -2.94. The molecule has 0 radical (unpaired) electrons. The Morgan fingerprint density at radius 3 is 2.14 bits per heavy atom. The lowest BCUT2D eigenvalue weighted by Crippen LogP contribution is -1.86. The molecule has 3 nitrogen and oxygen atoms in total. The zero-order chi connectivity index (χ0) is 14.7. The standard InChI is InChI=1S/C18H13NO2/c20-12-13-1-3-15(4-2-13)18-11-16(9-10-19-18)14-5-7-17(21)8-6-14/h1-12,21H. The fourth-order valence-corrected chi connectivity index (χ4v) is 2.15. The molecule has 0 saturated heterocycles. The van der Waals surface area contributed by atoms with E-state index >= 15 is 0 Å². The van der Waals surface area contributed by atoms with Crippen LogP contribution in [0.5, 0.6) is 5.75 Å². The number of phenolic OH excluding ortho intramolecular Hbond substituents is 1. The topological polar surface area (TPSA) is 50.2 Å². The van der Waals surface area contributed by atoms with Crippen LogP contribution < -0.4 is 0 Å². The van der Waals surface area contributed by atoms with E-state index in [1.54, 1.807) is 30.5 Å². The summed E-state index contributed by atoms with van der Waals surface area (Å²) >= 11 is 0. The van der Waals surface area contributed by atoms with E-state index in [4.69, 9.17) is 0 Å². The summed E-state index contributed by atoms with van der Waals surface area (Å²) < 4.78 is 0. The molecule has 0 atom stereocenters. The van der Waals surface area contributed by atoms with Crippen molar-refractivity contribution < 1.29 is 9.90 Å². The number of aldehydes is 1. The Kier molecular flexibility index (Phi) is 3.48. The summed E-state index contributed by atoms with van der Waals surface area (Å²) in [6.07, 6.45) is 2.58. The first-order chi connectivity index (χ1) is 10.3. The molecule has 2 aromatic carbocycles. The number of hydrogen-bond acceptors (Lipinski definition) is 3. The van der Waals surface area contributed by atoms with Gasteiger partial charge in [0.2, 0.25) is 0 Å². The van der Waals surface area contributed by atoms with Crippen molar-refractivity contribution in [3.63, 3.8) is 0 Å². The smallest absolute Gasteiger partial charge is 0.150 e. The second-order valence-electron chi connectivity index (χ2n) is 4.72. The monoisotopic (exact) mass is 275 g/mol. The van der Waals surface area contributed by atoms with Crippen LogP contribution in [0.4, 0.5) is 0 Å². The molecule has 3 aromatic rings. The predicted molar refractivity (Wildman–Crippen MR) is 82.2 cm³/mol. The van der Waals surface area contributed by atoms with Crippen molar-refractivity contribution in [2.75, 3.05) is 0 Å². The Balaban J connectivity index is 1.99. The summed E-state index contributed by atoms with van der Waals surface area (Å²) in [5.41, 5.74) is 4.49. The minimum Gasteiger partial charge on any atom is -0.508 e. The first-order valence-electron chi connectivity index (χ1n) is 6.57. The van der Waals surface area contributed by atoms with Gasteiger partial charge in [0.25, 0.3) is 0 Å². The highest BCUT2D eigenvalue weighted by atomic mass is 16.3. The third-order valence-corrected chi connectivity index (χ3v) is 3.30. The number of pyridine rings is 1. The van der Waals surface area contributed by atoms with Crippen molar-refractivity contribution in [1.29, 1.82) is 0 Å². The number of hydrogen-bond donors (Lipinski definition) is 1. The molecule has 0 bridgehead atoms. The lowest BCUT2D eigenvalue weighted by molar-refractivity contribution is 0.112. The molecule has 0 aliphatic rings. The first kappa shape index (κ1) is 13.1. The molecular formula is C18H13NO2. The number of phenols is 1. The van der Waals surface area contributed by atoms with Crippen molar-refractivity contribution in [2.45, 2.75) is 0 Å². The van der Waals surface area contributed by atoms with Crippen LogP contribution >= 0.6 is 0 Å². The second kappa shape index (κ2) is 5.59. The van der Waals surface area contributed by atoms with Crippen molar-refractivity contribution in [1.82, 2.24) is 4.98 Å². The minimum absolute atomic E-state index is 0.248. The summed E-state index contributed by atoms with van der Waals surface area (Å²) in [6, 6.07) is 18.3. The van der Waals surface area contributed by atoms with Gasteiger partial charge in [-0.05, 0) is 35.4 Å². The van der Waals surface area contributed by atoms with Gasteiger partial charge in [-0.1, -0.05) is 36.4 Å². The maximum absolute atomic E-state index is 10.7. The summed E-state index contributed by atoms with van der Waals surface area (Å²) in [4.78, 5) is 15.1. The van der Waals surface area contributed by atoms with Gasteiger partial charge in [0.15, 0.2) is 0 Å². The van der Waals surface area contributed by atoms with Crippen LogP contribution in [0.25, 0.3) is 22.4 Å². The summed E-state index contributed by atoms with van der Waals surface area (Å²) in [6.45, 7) is 0. The summed E-state index contributed by atoms with van der Waals surface area (Å²) in [7, 11) is 0. The van der Waals surface area contributed by atoms with Gasteiger partial charge < -0.3 is 5.11 Å². The van der Waals surface area contributed by atoms with Gasteiger partial charge in [-0.2, -0.15) is 0 Å². The molecule has 3 heteroatoms. The lowest BCUT2D eigenvalue weighted by atomic mass is 10.0. The highest BCUT2D eigenvalue weighted by Crippen LogP contribution is 2.25. The van der Waals surface area contributed by atoms with E-state index in [0.29, 0.717) is 5.56 Å². The molecule has 0 saturated carbocycles. The molecule has 3 rings (SSSR count). The summed E-state index contributed by atoms with van der Waals surface area (Å²) in [5, 5.41) is 9.34. The van der Waals surface area contributed by atoms with Gasteiger partial charge >= 0.3 is 0 Å². The van der Waals surface area contributed by atoms with Crippen LogP contribution in [0, 0.1) is 0 Å². The van der Waals surface area contributed by atoms with Gasteiger partial charge in [-0.25, -0.2) is 0 Å². The molecule has 21 heavy (non-hydrogen) atoms. The maximum Gasteiger partial charge on any atom is 0.150 e. The van der Waals surface area contributed by atoms with Gasteiger partial charge in [0.05, 0.1) is 5.69 Å². The van der Waals surface area contributed by atoms with E-state index in [2.05, 4.69) is 4.98 Å². The highest BCUT2D eigenvalue weighted by Gasteiger charge is 2.03. The van der Waals surface area contributed by atoms with Crippen LogP contribution in [0.1, 0.15) is 10.4 Å². The number of rotatable bonds is 3. The van der Waals surface area contributed by atoms with Gasteiger partial charge in [0, 0.05) is 17.3 Å². The lowest BCUT2D eigenvalue weighted by Gasteiger charge is -2.05. The van der Waals surface area contributed by atoms with E-state index in [0.717, 1.165) is 28.7 Å². The van der Waals surface area contributed by atoms with Crippen molar-refractivity contribution in [3.8, 4) is 28.1 Å². The molecule has 1 heterocycles. The highest BCUT2D eigenvalue weighted by molar-refractivity contribution is 5.77. The number of nitrogens with zero attached hydrogens (tertiary/aromatic N) is 1. The van der Waals surface area contributed by atoms with Gasteiger partial charge in [-0.15, -0.1) is 0 Å². The van der Waals surface area contributed by atoms with Gasteiger partial charge in [0.1, 0.15) is 12.0 Å². The van der Waals surface area contributed by atoms with Gasteiger partial charge in [-0.3, -0.25) is 9.78 Å². The van der Waals surface area contributed by atoms with Crippen LogP contribution in [0.3, 0.4) is 0 Å². The predicted octanol–water partition coefficient (Wildman–Crippen LogP) is 3.93. The molecule has 1 aromatic heterocycles. The number of aromatic nitrogens is 1. The third kappa shape index (κ3) is 2.82. The molecule has 0 aliphatic heterocycles. The SMILES string of the molecule is O=Cc1ccc(-c2cc(-c3ccc(O)cc3)ccn2)cc1.